The Morgan fingerprint density at radius 3 is 2.27 bits per heavy atom. The lowest BCUT2D eigenvalue weighted by atomic mass is 10.1. The number of ether oxygens (including phenoxy) is 1. The molecular formula is C22H19N3O4S. The Morgan fingerprint density at radius 2 is 1.67 bits per heavy atom. The molecule has 0 aliphatic heterocycles. The van der Waals surface area contributed by atoms with Crippen molar-refractivity contribution in [3.8, 4) is 11.8 Å². The van der Waals surface area contributed by atoms with Crippen LogP contribution in [0.25, 0.3) is 0 Å². The van der Waals surface area contributed by atoms with Gasteiger partial charge < -0.3 is 10.1 Å². The lowest BCUT2D eigenvalue weighted by molar-refractivity contribution is 0.102. The molecule has 3 aromatic rings. The Hall–Kier alpha value is -3.83. The fourth-order valence-corrected chi connectivity index (χ4v) is 3.75. The molecule has 3 aromatic carbocycles. The average molecular weight is 421 g/mol. The van der Waals surface area contributed by atoms with Crippen molar-refractivity contribution in [3.63, 3.8) is 0 Å². The van der Waals surface area contributed by atoms with Gasteiger partial charge in [0.25, 0.3) is 15.9 Å². The molecule has 152 valence electrons. The maximum absolute atomic E-state index is 12.8. The molecule has 0 atom stereocenters. The molecule has 0 spiro atoms. The smallest absolute Gasteiger partial charge is 0.261 e. The van der Waals surface area contributed by atoms with Crippen molar-refractivity contribution in [2.45, 2.75) is 11.8 Å². The molecule has 0 heterocycles. The van der Waals surface area contributed by atoms with Crippen molar-refractivity contribution >= 4 is 27.3 Å². The summed E-state index contributed by atoms with van der Waals surface area (Å²) in [5.74, 6) is 0.210. The first-order valence-corrected chi connectivity index (χ1v) is 10.4. The van der Waals surface area contributed by atoms with Crippen LogP contribution < -0.4 is 14.8 Å². The molecule has 1 amide bonds. The molecule has 0 aliphatic carbocycles. The number of rotatable bonds is 6. The van der Waals surface area contributed by atoms with Crippen LogP contribution in [0.1, 0.15) is 21.5 Å². The number of sulfonamides is 1. The molecule has 0 saturated carbocycles. The number of nitrogens with zero attached hydrogens (tertiary/aromatic N) is 1. The van der Waals surface area contributed by atoms with Gasteiger partial charge in [0.2, 0.25) is 0 Å². The molecule has 0 aliphatic rings. The summed E-state index contributed by atoms with van der Waals surface area (Å²) in [7, 11) is -2.33. The number of aryl methyl sites for hydroxylation is 1. The Labute approximate surface area is 175 Å². The van der Waals surface area contributed by atoms with Gasteiger partial charge in [0.1, 0.15) is 5.75 Å². The van der Waals surface area contributed by atoms with E-state index >= 15 is 0 Å². The van der Waals surface area contributed by atoms with Crippen LogP contribution in [0.2, 0.25) is 0 Å². The Balaban J connectivity index is 1.82. The molecule has 0 unspecified atom stereocenters. The quantitative estimate of drug-likeness (QED) is 0.627. The third-order valence-corrected chi connectivity index (χ3v) is 5.76. The van der Waals surface area contributed by atoms with E-state index in [0.29, 0.717) is 33.8 Å². The first kappa shape index (κ1) is 20.9. The van der Waals surface area contributed by atoms with Gasteiger partial charge >= 0.3 is 0 Å². The normalized spacial score (nSPS) is 10.7. The molecule has 0 aromatic heterocycles. The topological polar surface area (TPSA) is 108 Å². The molecule has 3 rings (SSSR count). The van der Waals surface area contributed by atoms with E-state index in [-0.39, 0.29) is 4.90 Å². The maximum atomic E-state index is 12.8. The van der Waals surface area contributed by atoms with Gasteiger partial charge in [-0.1, -0.05) is 6.07 Å². The van der Waals surface area contributed by atoms with E-state index in [1.54, 1.807) is 49.4 Å². The van der Waals surface area contributed by atoms with E-state index in [1.807, 2.05) is 6.07 Å². The summed E-state index contributed by atoms with van der Waals surface area (Å²) in [4.78, 5) is 12.5. The monoisotopic (exact) mass is 421 g/mol. The average Bonchev–Trinajstić information content (AvgIpc) is 2.75. The second-order valence-electron chi connectivity index (χ2n) is 6.45. The van der Waals surface area contributed by atoms with Crippen LogP contribution >= 0.6 is 0 Å². The number of nitrogens with one attached hydrogen (secondary N) is 2. The predicted octanol–water partition coefficient (Wildman–Crippen LogP) is 3.93. The number of carbonyl (C=O) groups excluding carboxylic acids is 1. The fourth-order valence-electron chi connectivity index (χ4n) is 2.67. The van der Waals surface area contributed by atoms with Gasteiger partial charge in [0.05, 0.1) is 23.6 Å². The second kappa shape index (κ2) is 8.68. The number of nitriles is 1. The Bertz CT molecular complexity index is 1210. The van der Waals surface area contributed by atoms with Crippen LogP contribution in [-0.2, 0) is 10.0 Å². The van der Waals surface area contributed by atoms with E-state index in [1.165, 1.54) is 31.4 Å². The van der Waals surface area contributed by atoms with Gasteiger partial charge in [-0.3, -0.25) is 9.52 Å². The van der Waals surface area contributed by atoms with Gasteiger partial charge in [-0.15, -0.1) is 0 Å². The second-order valence-corrected chi connectivity index (χ2v) is 8.14. The van der Waals surface area contributed by atoms with E-state index in [0.717, 1.165) is 0 Å². The Kier molecular flexibility index (Phi) is 6.04. The highest BCUT2D eigenvalue weighted by molar-refractivity contribution is 7.92. The van der Waals surface area contributed by atoms with Crippen LogP contribution in [0.4, 0.5) is 11.4 Å². The zero-order chi connectivity index (χ0) is 21.7. The standard InChI is InChI=1S/C22H19N3O4S/c1-15-3-12-20(30(27,28)25-18-8-10-19(29-2)11-9-18)13-21(15)24-22(26)17-6-4-16(14-23)5-7-17/h3-13,25H,1-2H3,(H,24,26). The van der Waals surface area contributed by atoms with Gasteiger partial charge in [0.15, 0.2) is 0 Å². The van der Waals surface area contributed by atoms with Crippen molar-refractivity contribution < 1.29 is 17.9 Å². The van der Waals surface area contributed by atoms with Crippen molar-refractivity contribution in [2.24, 2.45) is 0 Å². The lowest BCUT2D eigenvalue weighted by Crippen LogP contribution is -2.16. The van der Waals surface area contributed by atoms with E-state index in [9.17, 15) is 13.2 Å². The molecule has 30 heavy (non-hydrogen) atoms. The van der Waals surface area contributed by atoms with Crippen molar-refractivity contribution in [2.75, 3.05) is 17.1 Å². The number of benzene rings is 3. The molecule has 0 saturated heterocycles. The molecule has 0 bridgehead atoms. The summed E-state index contributed by atoms with van der Waals surface area (Å²) in [6.45, 7) is 1.77. The van der Waals surface area contributed by atoms with Crippen LogP contribution in [-0.4, -0.2) is 21.4 Å². The predicted molar refractivity (Wildman–Crippen MR) is 114 cm³/mol. The third kappa shape index (κ3) is 4.77. The number of hydrogen-bond acceptors (Lipinski definition) is 5. The van der Waals surface area contributed by atoms with Crippen molar-refractivity contribution in [1.29, 1.82) is 5.26 Å². The van der Waals surface area contributed by atoms with E-state index < -0.39 is 15.9 Å². The lowest BCUT2D eigenvalue weighted by Gasteiger charge is -2.13. The molecule has 0 fully saturated rings. The molecule has 7 nitrogen and oxygen atoms in total. The summed E-state index contributed by atoms with van der Waals surface area (Å²) >= 11 is 0. The van der Waals surface area contributed by atoms with Gasteiger partial charge in [-0.2, -0.15) is 5.26 Å². The minimum absolute atomic E-state index is 0.0130. The first-order valence-electron chi connectivity index (χ1n) is 8.91. The molecular weight excluding hydrogens is 402 g/mol. The largest absolute Gasteiger partial charge is 0.497 e. The van der Waals surface area contributed by atoms with Gasteiger partial charge in [0, 0.05) is 16.9 Å². The minimum atomic E-state index is -3.86. The van der Waals surface area contributed by atoms with Crippen LogP contribution in [0.3, 0.4) is 0 Å². The molecule has 0 radical (unpaired) electrons. The summed E-state index contributed by atoms with van der Waals surface area (Å²) in [6, 6.07) is 19.1. The minimum Gasteiger partial charge on any atom is -0.497 e. The highest BCUT2D eigenvalue weighted by Gasteiger charge is 2.17. The maximum Gasteiger partial charge on any atom is 0.261 e. The SMILES string of the molecule is COc1ccc(NS(=O)(=O)c2ccc(C)c(NC(=O)c3ccc(C#N)cc3)c2)cc1. The van der Waals surface area contributed by atoms with E-state index in [2.05, 4.69) is 10.0 Å². The van der Waals surface area contributed by atoms with Gasteiger partial charge in [-0.25, -0.2) is 8.42 Å². The zero-order valence-electron chi connectivity index (χ0n) is 16.3. The third-order valence-electron chi connectivity index (χ3n) is 4.39. The molecule has 8 heteroatoms. The summed E-state index contributed by atoms with van der Waals surface area (Å²) in [5, 5.41) is 11.6. The van der Waals surface area contributed by atoms with E-state index in [4.69, 9.17) is 10.00 Å². The summed E-state index contributed by atoms with van der Waals surface area (Å²) in [5.41, 5.74) is 2.28. The highest BCUT2D eigenvalue weighted by atomic mass is 32.2. The number of anilines is 2. The summed E-state index contributed by atoms with van der Waals surface area (Å²) in [6.07, 6.45) is 0. The Morgan fingerprint density at radius 1 is 1.00 bits per heavy atom. The number of methoxy groups -OCH3 is 1. The van der Waals surface area contributed by atoms with Crippen molar-refractivity contribution in [3.05, 3.63) is 83.4 Å². The number of carbonyl (C=O) groups is 1. The summed E-state index contributed by atoms with van der Waals surface area (Å²) < 4.78 is 33.1. The van der Waals surface area contributed by atoms with Crippen LogP contribution in [0.15, 0.2) is 71.6 Å². The van der Waals surface area contributed by atoms with Crippen LogP contribution in [0.5, 0.6) is 5.75 Å². The highest BCUT2D eigenvalue weighted by Crippen LogP contribution is 2.24. The van der Waals surface area contributed by atoms with Gasteiger partial charge in [-0.05, 0) is 73.2 Å². The zero-order valence-corrected chi connectivity index (χ0v) is 17.2. The first-order chi connectivity index (χ1) is 14.3. The van der Waals surface area contributed by atoms with Crippen LogP contribution in [0, 0.1) is 18.3 Å². The number of amides is 1. The molecule has 2 N–H and O–H groups in total. The fraction of sp³-hybridized carbons (Fsp3) is 0.0909. The van der Waals surface area contributed by atoms with Crippen molar-refractivity contribution in [1.82, 2.24) is 0 Å². The number of hydrogen-bond donors (Lipinski definition) is 2.